The summed E-state index contributed by atoms with van der Waals surface area (Å²) < 4.78 is 0. The van der Waals surface area contributed by atoms with E-state index in [1.54, 1.807) is 16.8 Å². The second-order valence-electron chi connectivity index (χ2n) is 4.95. The first-order chi connectivity index (χ1) is 8.99. The van der Waals surface area contributed by atoms with Crippen molar-refractivity contribution in [2.24, 2.45) is 5.92 Å². The summed E-state index contributed by atoms with van der Waals surface area (Å²) in [6.45, 7) is 2.79. The van der Waals surface area contributed by atoms with Crippen LogP contribution < -0.4 is 4.90 Å². The molecule has 0 saturated carbocycles. The van der Waals surface area contributed by atoms with Gasteiger partial charge in [0.15, 0.2) is 0 Å². The Labute approximate surface area is 112 Å². The van der Waals surface area contributed by atoms with E-state index in [4.69, 9.17) is 5.11 Å². The minimum absolute atomic E-state index is 0.146. The number of benzene rings is 1. The lowest BCUT2D eigenvalue weighted by molar-refractivity contribution is -0.141. The largest absolute Gasteiger partial charge is 0.481 e. The molecular formula is C14H18N2O3. The number of aliphatic carboxylic acids is 1. The fraction of sp³-hybridized carbons (Fsp3) is 0.429. The maximum absolute atomic E-state index is 12.3. The van der Waals surface area contributed by atoms with Gasteiger partial charge in [-0.05, 0) is 25.5 Å². The smallest absolute Gasteiger partial charge is 0.324 e. The third-order valence-corrected chi connectivity index (χ3v) is 3.52. The molecule has 5 nitrogen and oxygen atoms in total. The highest BCUT2D eigenvalue weighted by Gasteiger charge is 2.32. The average Bonchev–Trinajstić information content (AvgIpc) is 2.87. The summed E-state index contributed by atoms with van der Waals surface area (Å²) in [5, 5.41) is 8.95. The van der Waals surface area contributed by atoms with Crippen molar-refractivity contribution in [3.63, 3.8) is 0 Å². The number of carbonyl (C=O) groups is 2. The Bertz CT molecular complexity index is 484. The molecule has 1 unspecified atom stereocenters. The molecule has 19 heavy (non-hydrogen) atoms. The van der Waals surface area contributed by atoms with Crippen molar-refractivity contribution >= 4 is 17.7 Å². The lowest BCUT2D eigenvalue weighted by Gasteiger charge is -2.24. The van der Waals surface area contributed by atoms with Gasteiger partial charge in [-0.3, -0.25) is 9.69 Å². The molecule has 1 heterocycles. The second-order valence-corrected chi connectivity index (χ2v) is 4.95. The Morgan fingerprint density at radius 1 is 1.32 bits per heavy atom. The van der Waals surface area contributed by atoms with Crippen LogP contribution in [0.25, 0.3) is 0 Å². The van der Waals surface area contributed by atoms with Crippen molar-refractivity contribution in [1.82, 2.24) is 4.90 Å². The Balaban J connectivity index is 2.04. The maximum atomic E-state index is 12.3. The van der Waals surface area contributed by atoms with Crippen molar-refractivity contribution in [1.29, 1.82) is 0 Å². The molecule has 5 heteroatoms. The van der Waals surface area contributed by atoms with Crippen LogP contribution in [0.3, 0.4) is 0 Å². The van der Waals surface area contributed by atoms with Crippen molar-refractivity contribution in [2.45, 2.75) is 13.3 Å². The van der Waals surface area contributed by atoms with E-state index in [0.29, 0.717) is 19.5 Å². The van der Waals surface area contributed by atoms with E-state index in [-0.39, 0.29) is 6.03 Å². The first kappa shape index (κ1) is 13.4. The van der Waals surface area contributed by atoms with Crippen molar-refractivity contribution in [3.8, 4) is 0 Å². The molecule has 2 rings (SSSR count). The van der Waals surface area contributed by atoms with E-state index in [2.05, 4.69) is 0 Å². The number of anilines is 1. The first-order valence-electron chi connectivity index (χ1n) is 6.31. The number of nitrogens with zero attached hydrogens (tertiary/aromatic N) is 2. The summed E-state index contributed by atoms with van der Waals surface area (Å²) in [5.41, 5.74) is 1.95. The number of aryl methyl sites for hydroxylation is 1. The predicted molar refractivity (Wildman–Crippen MR) is 72.3 cm³/mol. The van der Waals surface area contributed by atoms with Gasteiger partial charge in [0, 0.05) is 25.8 Å². The molecule has 0 bridgehead atoms. The lowest BCUT2D eigenvalue weighted by Crippen LogP contribution is -2.40. The zero-order chi connectivity index (χ0) is 14.0. The first-order valence-corrected chi connectivity index (χ1v) is 6.31. The van der Waals surface area contributed by atoms with E-state index in [0.717, 1.165) is 11.3 Å². The Morgan fingerprint density at radius 3 is 2.47 bits per heavy atom. The lowest BCUT2D eigenvalue weighted by atomic mass is 10.1. The number of urea groups is 1. The molecule has 1 aromatic rings. The van der Waals surface area contributed by atoms with Gasteiger partial charge in [-0.2, -0.15) is 0 Å². The molecule has 1 N–H and O–H groups in total. The maximum Gasteiger partial charge on any atom is 0.324 e. The minimum Gasteiger partial charge on any atom is -0.481 e. The van der Waals surface area contributed by atoms with Gasteiger partial charge in [0.2, 0.25) is 0 Å². The summed E-state index contributed by atoms with van der Waals surface area (Å²) in [5.74, 6) is -1.26. The van der Waals surface area contributed by atoms with Gasteiger partial charge in [0.05, 0.1) is 5.92 Å². The number of carbonyl (C=O) groups excluding carboxylic acids is 1. The normalized spacial score (nSPS) is 18.4. The molecule has 1 aromatic carbocycles. The monoisotopic (exact) mass is 262 g/mol. The van der Waals surface area contributed by atoms with Crippen LogP contribution in [0.1, 0.15) is 12.0 Å². The van der Waals surface area contributed by atoms with Crippen LogP contribution >= 0.6 is 0 Å². The summed E-state index contributed by atoms with van der Waals surface area (Å²) in [6, 6.07) is 7.52. The van der Waals surface area contributed by atoms with Crippen molar-refractivity contribution < 1.29 is 14.7 Å². The molecule has 0 spiro atoms. The molecule has 1 saturated heterocycles. The minimum atomic E-state index is -0.826. The van der Waals surface area contributed by atoms with Gasteiger partial charge in [0.1, 0.15) is 0 Å². The molecule has 1 aliphatic heterocycles. The zero-order valence-electron chi connectivity index (χ0n) is 11.2. The molecule has 102 valence electrons. The summed E-state index contributed by atoms with van der Waals surface area (Å²) in [6.07, 6.45) is 0.531. The van der Waals surface area contributed by atoms with Gasteiger partial charge in [-0.15, -0.1) is 0 Å². The molecule has 1 aliphatic rings. The van der Waals surface area contributed by atoms with Crippen LogP contribution in [0.15, 0.2) is 24.3 Å². The third-order valence-electron chi connectivity index (χ3n) is 3.52. The quantitative estimate of drug-likeness (QED) is 0.886. The highest BCUT2D eigenvalue weighted by atomic mass is 16.4. The van der Waals surface area contributed by atoms with E-state index in [1.807, 2.05) is 31.2 Å². The number of carboxylic acids is 1. The van der Waals surface area contributed by atoms with Crippen LogP contribution in [0, 0.1) is 12.8 Å². The van der Waals surface area contributed by atoms with E-state index in [1.165, 1.54) is 0 Å². The zero-order valence-corrected chi connectivity index (χ0v) is 11.2. The van der Waals surface area contributed by atoms with Crippen LogP contribution in [0.5, 0.6) is 0 Å². The van der Waals surface area contributed by atoms with Gasteiger partial charge in [-0.25, -0.2) is 4.79 Å². The topological polar surface area (TPSA) is 60.9 Å². The fourth-order valence-electron chi connectivity index (χ4n) is 2.23. The number of hydrogen-bond acceptors (Lipinski definition) is 2. The van der Waals surface area contributed by atoms with Gasteiger partial charge < -0.3 is 10.0 Å². The summed E-state index contributed by atoms with van der Waals surface area (Å²) in [7, 11) is 1.71. The molecule has 1 atom stereocenters. The Kier molecular flexibility index (Phi) is 3.74. The van der Waals surface area contributed by atoms with Crippen LogP contribution in [0.4, 0.5) is 10.5 Å². The molecule has 1 fully saturated rings. The predicted octanol–water partition coefficient (Wildman–Crippen LogP) is 1.96. The second kappa shape index (κ2) is 5.30. The average molecular weight is 262 g/mol. The number of likely N-dealkylation sites (tertiary alicyclic amines) is 1. The van der Waals surface area contributed by atoms with Crippen LogP contribution in [-0.2, 0) is 4.79 Å². The molecule has 2 amide bonds. The molecule has 0 aliphatic carbocycles. The number of rotatable bonds is 2. The van der Waals surface area contributed by atoms with E-state index >= 15 is 0 Å². The highest BCUT2D eigenvalue weighted by Crippen LogP contribution is 2.20. The van der Waals surface area contributed by atoms with Gasteiger partial charge in [0.25, 0.3) is 0 Å². The van der Waals surface area contributed by atoms with Gasteiger partial charge >= 0.3 is 12.0 Å². The molecule has 0 aromatic heterocycles. The van der Waals surface area contributed by atoms with Crippen molar-refractivity contribution in [3.05, 3.63) is 29.8 Å². The van der Waals surface area contributed by atoms with E-state index in [9.17, 15) is 9.59 Å². The standard InChI is InChI=1S/C14H18N2O3/c1-10-3-5-12(6-4-10)15(2)14(19)16-8-7-11(9-16)13(17)18/h3-6,11H,7-9H2,1-2H3,(H,17,18). The summed E-state index contributed by atoms with van der Waals surface area (Å²) in [4.78, 5) is 26.3. The Morgan fingerprint density at radius 2 is 1.95 bits per heavy atom. The highest BCUT2D eigenvalue weighted by molar-refractivity contribution is 5.92. The summed E-state index contributed by atoms with van der Waals surface area (Å²) >= 11 is 0. The molecule has 0 radical (unpaired) electrons. The SMILES string of the molecule is Cc1ccc(N(C)C(=O)N2CCC(C(=O)O)C2)cc1. The van der Waals surface area contributed by atoms with Crippen molar-refractivity contribution in [2.75, 3.05) is 25.0 Å². The number of amides is 2. The fourth-order valence-corrected chi connectivity index (χ4v) is 2.23. The van der Waals surface area contributed by atoms with Gasteiger partial charge in [-0.1, -0.05) is 17.7 Å². The van der Waals surface area contributed by atoms with Crippen LogP contribution in [-0.4, -0.2) is 42.1 Å². The number of carboxylic acid groups (broad SMARTS) is 1. The van der Waals surface area contributed by atoms with E-state index < -0.39 is 11.9 Å². The Hall–Kier alpha value is -2.04. The number of hydrogen-bond donors (Lipinski definition) is 1. The van der Waals surface area contributed by atoms with Crippen LogP contribution in [0.2, 0.25) is 0 Å². The molecular weight excluding hydrogens is 244 g/mol. The third kappa shape index (κ3) is 2.86.